The molecule has 0 unspecified atom stereocenters. The molecule has 5 heteroatoms. The minimum absolute atomic E-state index is 0.0171. The highest BCUT2D eigenvalue weighted by Gasteiger charge is 2.29. The van der Waals surface area contributed by atoms with Crippen molar-refractivity contribution in [2.75, 3.05) is 13.1 Å². The van der Waals surface area contributed by atoms with Crippen molar-refractivity contribution in [3.05, 3.63) is 81.6 Å². The second-order valence-electron chi connectivity index (χ2n) is 7.17. The predicted octanol–water partition coefficient (Wildman–Crippen LogP) is 2.38. The van der Waals surface area contributed by atoms with Gasteiger partial charge in [0, 0.05) is 42.3 Å². The highest BCUT2D eigenvalue weighted by Crippen LogP contribution is 2.16. The summed E-state index contributed by atoms with van der Waals surface area (Å²) < 4.78 is 0. The molecule has 0 spiro atoms. The van der Waals surface area contributed by atoms with E-state index in [4.69, 9.17) is 0 Å². The molecule has 0 radical (unpaired) electrons. The Hall–Kier alpha value is -2.92. The molecule has 2 heterocycles. The van der Waals surface area contributed by atoms with Crippen LogP contribution in [-0.2, 0) is 17.8 Å². The molecule has 5 nitrogen and oxygen atoms in total. The van der Waals surface area contributed by atoms with Crippen molar-refractivity contribution >= 4 is 16.8 Å². The van der Waals surface area contributed by atoms with Crippen LogP contribution in [0.3, 0.4) is 0 Å². The molecular weight excluding hydrogens is 338 g/mol. The first kappa shape index (κ1) is 17.5. The highest BCUT2D eigenvalue weighted by atomic mass is 16.2. The van der Waals surface area contributed by atoms with Crippen LogP contribution in [0.15, 0.2) is 59.4 Å². The zero-order chi connectivity index (χ0) is 18.8. The molecule has 0 bridgehead atoms. The van der Waals surface area contributed by atoms with Gasteiger partial charge in [0.25, 0.3) is 0 Å². The third-order valence-corrected chi connectivity index (χ3v) is 5.13. The van der Waals surface area contributed by atoms with Crippen molar-refractivity contribution in [1.82, 2.24) is 15.2 Å². The number of amides is 1. The van der Waals surface area contributed by atoms with Crippen LogP contribution in [0.1, 0.15) is 16.8 Å². The van der Waals surface area contributed by atoms with E-state index in [0.29, 0.717) is 24.9 Å². The van der Waals surface area contributed by atoms with Gasteiger partial charge >= 0.3 is 0 Å². The van der Waals surface area contributed by atoms with Gasteiger partial charge < -0.3 is 10.3 Å². The molecule has 0 saturated carbocycles. The number of carbonyl (C=O) groups excluding carboxylic acids is 1. The summed E-state index contributed by atoms with van der Waals surface area (Å²) in [5, 5.41) is 3.67. The van der Waals surface area contributed by atoms with E-state index in [1.165, 1.54) is 0 Å². The zero-order valence-electron chi connectivity index (χ0n) is 15.4. The molecule has 27 heavy (non-hydrogen) atoms. The Kier molecular flexibility index (Phi) is 4.77. The van der Waals surface area contributed by atoms with Crippen LogP contribution in [0.2, 0.25) is 0 Å². The van der Waals surface area contributed by atoms with Crippen LogP contribution < -0.4 is 10.7 Å². The quantitative estimate of drug-likeness (QED) is 0.750. The topological polar surface area (TPSA) is 65.2 Å². The summed E-state index contributed by atoms with van der Waals surface area (Å²) in [6, 6.07) is 17.3. The fourth-order valence-electron chi connectivity index (χ4n) is 3.73. The van der Waals surface area contributed by atoms with Crippen LogP contribution in [-0.4, -0.2) is 34.9 Å². The first-order valence-corrected chi connectivity index (χ1v) is 9.28. The maximum absolute atomic E-state index is 12.5. The number of hydrogen-bond donors (Lipinski definition) is 2. The molecule has 1 atom stereocenters. The summed E-state index contributed by atoms with van der Waals surface area (Å²) in [5.74, 6) is 0.0452. The van der Waals surface area contributed by atoms with Gasteiger partial charge in [-0.1, -0.05) is 42.0 Å². The van der Waals surface area contributed by atoms with Crippen LogP contribution in [0.5, 0.6) is 0 Å². The van der Waals surface area contributed by atoms with Crippen molar-refractivity contribution in [3.8, 4) is 0 Å². The first-order chi connectivity index (χ1) is 13.1. The number of fused-ring (bicyclic) bond motifs is 1. The number of nitrogens with zero attached hydrogens (tertiary/aromatic N) is 1. The molecule has 1 aliphatic heterocycles. The summed E-state index contributed by atoms with van der Waals surface area (Å²) >= 11 is 0. The molecule has 1 aliphatic rings. The summed E-state index contributed by atoms with van der Waals surface area (Å²) in [4.78, 5) is 30.5. The fourth-order valence-corrected chi connectivity index (χ4v) is 3.73. The van der Waals surface area contributed by atoms with E-state index in [1.54, 1.807) is 6.07 Å². The number of hydrogen-bond acceptors (Lipinski definition) is 3. The monoisotopic (exact) mass is 361 g/mol. The van der Waals surface area contributed by atoms with Crippen molar-refractivity contribution in [3.63, 3.8) is 0 Å². The molecule has 1 fully saturated rings. The fraction of sp³-hybridized carbons (Fsp3) is 0.273. The van der Waals surface area contributed by atoms with Crippen molar-refractivity contribution in [2.45, 2.75) is 25.9 Å². The van der Waals surface area contributed by atoms with Crippen LogP contribution in [0.4, 0.5) is 0 Å². The van der Waals surface area contributed by atoms with Gasteiger partial charge in [0.05, 0.1) is 6.04 Å². The minimum Gasteiger partial charge on any atom is -0.357 e. The van der Waals surface area contributed by atoms with Gasteiger partial charge in [-0.05, 0) is 31.0 Å². The molecule has 1 aromatic heterocycles. The first-order valence-electron chi connectivity index (χ1n) is 9.28. The number of piperazine rings is 1. The largest absolute Gasteiger partial charge is 0.357 e. The van der Waals surface area contributed by atoms with Gasteiger partial charge in [0.15, 0.2) is 5.43 Å². The van der Waals surface area contributed by atoms with Crippen molar-refractivity contribution in [2.24, 2.45) is 0 Å². The molecule has 2 aromatic carbocycles. The zero-order valence-corrected chi connectivity index (χ0v) is 15.4. The highest BCUT2D eigenvalue weighted by molar-refractivity contribution is 5.83. The number of aromatic nitrogens is 1. The van der Waals surface area contributed by atoms with E-state index in [2.05, 4.69) is 15.2 Å². The average molecular weight is 361 g/mol. The number of pyridine rings is 1. The van der Waals surface area contributed by atoms with Gasteiger partial charge in [0.1, 0.15) is 0 Å². The van der Waals surface area contributed by atoms with E-state index < -0.39 is 0 Å². The molecule has 2 N–H and O–H groups in total. The minimum atomic E-state index is -0.238. The van der Waals surface area contributed by atoms with Gasteiger partial charge in [-0.15, -0.1) is 0 Å². The Morgan fingerprint density at radius 3 is 2.70 bits per heavy atom. The summed E-state index contributed by atoms with van der Waals surface area (Å²) in [5.41, 5.74) is 3.89. The maximum Gasteiger partial charge on any atom is 0.237 e. The third kappa shape index (κ3) is 3.78. The lowest BCUT2D eigenvalue weighted by Crippen LogP contribution is -2.55. The van der Waals surface area contributed by atoms with Crippen molar-refractivity contribution < 1.29 is 4.79 Å². The van der Waals surface area contributed by atoms with E-state index >= 15 is 0 Å². The van der Waals surface area contributed by atoms with Gasteiger partial charge in [-0.3, -0.25) is 14.5 Å². The van der Waals surface area contributed by atoms with Gasteiger partial charge in [-0.25, -0.2) is 0 Å². The van der Waals surface area contributed by atoms with Crippen LogP contribution in [0, 0.1) is 6.92 Å². The molecule has 3 aromatic rings. The number of rotatable bonds is 4. The van der Waals surface area contributed by atoms with Gasteiger partial charge in [-0.2, -0.15) is 0 Å². The van der Waals surface area contributed by atoms with Crippen molar-refractivity contribution in [1.29, 1.82) is 0 Å². The smallest absolute Gasteiger partial charge is 0.237 e. The second kappa shape index (κ2) is 7.37. The van der Waals surface area contributed by atoms with E-state index in [-0.39, 0.29) is 17.4 Å². The number of benzene rings is 2. The molecule has 0 aliphatic carbocycles. The third-order valence-electron chi connectivity index (χ3n) is 5.13. The molecular formula is C22H23N3O2. The molecule has 4 rings (SSSR count). The van der Waals surface area contributed by atoms with Crippen LogP contribution in [0.25, 0.3) is 10.9 Å². The maximum atomic E-state index is 12.5. The Bertz CT molecular complexity index is 1030. The average Bonchev–Trinajstić information content (AvgIpc) is 2.66. The Morgan fingerprint density at radius 2 is 1.89 bits per heavy atom. The number of nitrogens with one attached hydrogen (secondary N) is 2. The lowest BCUT2D eigenvalue weighted by Gasteiger charge is -2.35. The standard InChI is InChI=1S/C22H23N3O2/c1-15-7-8-19-18(11-15)21(26)13-17(24-19)14-25-10-9-23-22(27)20(25)12-16-5-3-2-4-6-16/h2-8,11,13,20H,9-10,12,14H2,1H3,(H,23,27)(H,24,26)/t20-/m1/s1. The lowest BCUT2D eigenvalue weighted by atomic mass is 10.0. The Labute approximate surface area is 158 Å². The van der Waals surface area contributed by atoms with E-state index in [1.807, 2.05) is 55.5 Å². The number of carbonyl (C=O) groups is 1. The second-order valence-corrected chi connectivity index (χ2v) is 7.17. The SMILES string of the molecule is Cc1ccc2[nH]c(CN3CCNC(=O)[C@H]3Cc3ccccc3)cc(=O)c2c1. The molecule has 1 saturated heterocycles. The van der Waals surface area contributed by atoms with Gasteiger partial charge in [0.2, 0.25) is 5.91 Å². The molecule has 138 valence electrons. The number of aryl methyl sites for hydroxylation is 1. The lowest BCUT2D eigenvalue weighted by molar-refractivity contribution is -0.129. The summed E-state index contributed by atoms with van der Waals surface area (Å²) in [7, 11) is 0. The normalized spacial score (nSPS) is 17.8. The summed E-state index contributed by atoms with van der Waals surface area (Å²) in [6.07, 6.45) is 0.656. The van der Waals surface area contributed by atoms with E-state index in [9.17, 15) is 9.59 Å². The Morgan fingerprint density at radius 1 is 1.07 bits per heavy atom. The van der Waals surface area contributed by atoms with E-state index in [0.717, 1.165) is 28.9 Å². The molecule has 1 amide bonds. The number of aromatic amines is 1. The Balaban J connectivity index is 1.61. The predicted molar refractivity (Wildman–Crippen MR) is 107 cm³/mol. The number of H-pyrrole nitrogens is 1. The summed E-state index contributed by atoms with van der Waals surface area (Å²) in [6.45, 7) is 3.91. The van der Waals surface area contributed by atoms with Crippen LogP contribution >= 0.6 is 0 Å².